The molecule has 1 N–H and O–H groups in total. The smallest absolute Gasteiger partial charge is 0.375 e. The Balaban J connectivity index is 1.38. The number of carbonyl (C=O) groups is 2. The Morgan fingerprint density at radius 2 is 1.79 bits per heavy atom. The highest BCUT2D eigenvalue weighted by molar-refractivity contribution is 9.10. The molecule has 0 radical (unpaired) electrons. The van der Waals surface area contributed by atoms with Gasteiger partial charge in [-0.3, -0.25) is 4.79 Å². The van der Waals surface area contributed by atoms with Gasteiger partial charge in [0.15, 0.2) is 10.8 Å². The molecule has 0 unspecified atom stereocenters. The van der Waals surface area contributed by atoms with Crippen LogP contribution in [0.1, 0.15) is 56.0 Å². The Labute approximate surface area is 149 Å². The SMILES string of the molecule is C[C@@H](OC(=O)c1ccc(Br)o1)C(=O)NC12CC3CC(CC(C3)C1)C2. The van der Waals surface area contributed by atoms with Crippen molar-refractivity contribution in [1.29, 1.82) is 0 Å². The number of rotatable bonds is 4. The van der Waals surface area contributed by atoms with Gasteiger partial charge < -0.3 is 14.5 Å². The molecule has 0 saturated heterocycles. The number of hydrogen-bond acceptors (Lipinski definition) is 4. The first-order valence-electron chi connectivity index (χ1n) is 8.71. The Morgan fingerprint density at radius 1 is 1.21 bits per heavy atom. The summed E-state index contributed by atoms with van der Waals surface area (Å²) >= 11 is 3.15. The number of esters is 1. The molecule has 4 fully saturated rings. The zero-order chi connectivity index (χ0) is 16.9. The molecule has 5 rings (SSSR count). The van der Waals surface area contributed by atoms with Crippen LogP contribution in [-0.4, -0.2) is 23.5 Å². The molecular weight excluding hydrogens is 374 g/mol. The summed E-state index contributed by atoms with van der Waals surface area (Å²) in [5, 5.41) is 3.23. The van der Waals surface area contributed by atoms with E-state index in [1.54, 1.807) is 13.0 Å². The predicted molar refractivity (Wildman–Crippen MR) is 90.3 cm³/mol. The van der Waals surface area contributed by atoms with Crippen molar-refractivity contribution in [3.63, 3.8) is 0 Å². The Bertz CT molecular complexity index is 632. The van der Waals surface area contributed by atoms with Gasteiger partial charge in [0.2, 0.25) is 5.76 Å². The van der Waals surface area contributed by atoms with E-state index < -0.39 is 12.1 Å². The lowest BCUT2D eigenvalue weighted by Gasteiger charge is -2.57. The average Bonchev–Trinajstić information content (AvgIpc) is 2.92. The second-order valence-corrected chi connectivity index (χ2v) is 8.62. The van der Waals surface area contributed by atoms with E-state index >= 15 is 0 Å². The van der Waals surface area contributed by atoms with E-state index in [0.717, 1.165) is 37.0 Å². The van der Waals surface area contributed by atoms with E-state index in [2.05, 4.69) is 21.2 Å². The zero-order valence-electron chi connectivity index (χ0n) is 13.7. The summed E-state index contributed by atoms with van der Waals surface area (Å²) < 4.78 is 10.9. The highest BCUT2D eigenvalue weighted by Crippen LogP contribution is 2.55. The van der Waals surface area contributed by atoms with E-state index in [1.165, 1.54) is 25.3 Å². The van der Waals surface area contributed by atoms with Gasteiger partial charge in [-0.15, -0.1) is 0 Å². The maximum absolute atomic E-state index is 12.6. The van der Waals surface area contributed by atoms with Gasteiger partial charge in [0.1, 0.15) is 0 Å². The van der Waals surface area contributed by atoms with Gasteiger partial charge in [-0.1, -0.05) is 0 Å². The molecule has 1 heterocycles. The quantitative estimate of drug-likeness (QED) is 0.789. The van der Waals surface area contributed by atoms with Crippen LogP contribution in [-0.2, 0) is 9.53 Å². The van der Waals surface area contributed by atoms with Gasteiger partial charge in [-0.05, 0) is 91.3 Å². The van der Waals surface area contributed by atoms with Crippen LogP contribution in [0.5, 0.6) is 0 Å². The summed E-state index contributed by atoms with van der Waals surface area (Å²) in [5.41, 5.74) is -0.0692. The van der Waals surface area contributed by atoms with Gasteiger partial charge in [0.25, 0.3) is 5.91 Å². The fraction of sp³-hybridized carbons (Fsp3) is 0.667. The first-order chi connectivity index (χ1) is 11.4. The molecule has 130 valence electrons. The average molecular weight is 396 g/mol. The molecule has 0 aromatic carbocycles. The number of ether oxygens (including phenoxy) is 1. The molecule has 1 aromatic heterocycles. The Kier molecular flexibility index (Phi) is 3.98. The van der Waals surface area contributed by atoms with E-state index in [4.69, 9.17) is 9.15 Å². The van der Waals surface area contributed by atoms with E-state index in [-0.39, 0.29) is 17.2 Å². The summed E-state index contributed by atoms with van der Waals surface area (Å²) in [5.74, 6) is 1.56. The molecule has 4 bridgehead atoms. The second kappa shape index (κ2) is 5.90. The van der Waals surface area contributed by atoms with Crippen LogP contribution < -0.4 is 5.32 Å². The van der Waals surface area contributed by atoms with Gasteiger partial charge in [0, 0.05) is 5.54 Å². The number of hydrogen-bond donors (Lipinski definition) is 1. The topological polar surface area (TPSA) is 68.5 Å². The fourth-order valence-electron chi connectivity index (χ4n) is 5.32. The number of furan rings is 1. The maximum Gasteiger partial charge on any atom is 0.375 e. The highest BCUT2D eigenvalue weighted by Gasteiger charge is 2.51. The lowest BCUT2D eigenvalue weighted by molar-refractivity contribution is -0.135. The van der Waals surface area contributed by atoms with Gasteiger partial charge in [-0.25, -0.2) is 4.79 Å². The van der Waals surface area contributed by atoms with E-state index in [0.29, 0.717) is 4.67 Å². The zero-order valence-corrected chi connectivity index (χ0v) is 15.3. The third-order valence-corrected chi connectivity index (χ3v) is 6.28. The maximum atomic E-state index is 12.6. The van der Waals surface area contributed by atoms with Gasteiger partial charge >= 0.3 is 5.97 Å². The van der Waals surface area contributed by atoms with Crippen molar-refractivity contribution >= 4 is 27.8 Å². The van der Waals surface area contributed by atoms with Gasteiger partial charge in [0.05, 0.1) is 0 Å². The molecule has 1 aromatic rings. The van der Waals surface area contributed by atoms with Crippen LogP contribution >= 0.6 is 15.9 Å². The largest absolute Gasteiger partial charge is 0.447 e. The summed E-state index contributed by atoms with van der Waals surface area (Å²) in [6.07, 6.45) is 6.39. The van der Waals surface area contributed by atoms with Crippen LogP contribution in [0.3, 0.4) is 0 Å². The molecule has 4 aliphatic carbocycles. The minimum atomic E-state index is -0.825. The molecule has 0 aliphatic heterocycles. The monoisotopic (exact) mass is 395 g/mol. The molecule has 5 nitrogen and oxygen atoms in total. The van der Waals surface area contributed by atoms with Gasteiger partial charge in [-0.2, -0.15) is 0 Å². The van der Waals surface area contributed by atoms with Crippen LogP contribution in [0.15, 0.2) is 21.2 Å². The molecule has 4 aliphatic rings. The molecule has 6 heteroatoms. The lowest BCUT2D eigenvalue weighted by atomic mass is 9.53. The molecular formula is C18H22BrNO4. The minimum absolute atomic E-state index is 0.0692. The van der Waals surface area contributed by atoms with Crippen LogP contribution in [0.4, 0.5) is 0 Å². The summed E-state index contributed by atoms with van der Waals surface area (Å²) in [6.45, 7) is 1.62. The first-order valence-corrected chi connectivity index (χ1v) is 9.50. The fourth-order valence-corrected chi connectivity index (χ4v) is 5.63. The molecule has 1 amide bonds. The normalized spacial score (nSPS) is 34.8. The van der Waals surface area contributed by atoms with E-state index in [1.807, 2.05) is 0 Å². The second-order valence-electron chi connectivity index (χ2n) is 7.84. The number of nitrogens with one attached hydrogen (secondary N) is 1. The third kappa shape index (κ3) is 3.01. The highest BCUT2D eigenvalue weighted by atomic mass is 79.9. The van der Waals surface area contributed by atoms with Crippen molar-refractivity contribution in [2.24, 2.45) is 17.8 Å². The van der Waals surface area contributed by atoms with Crippen molar-refractivity contribution in [2.45, 2.75) is 57.1 Å². The molecule has 1 atom stereocenters. The van der Waals surface area contributed by atoms with Crippen molar-refractivity contribution < 1.29 is 18.7 Å². The van der Waals surface area contributed by atoms with Crippen molar-refractivity contribution in [1.82, 2.24) is 5.32 Å². The summed E-state index contributed by atoms with van der Waals surface area (Å²) in [6, 6.07) is 3.15. The first kappa shape index (κ1) is 16.2. The third-order valence-electron chi connectivity index (χ3n) is 5.85. The summed E-state index contributed by atoms with van der Waals surface area (Å²) in [4.78, 5) is 24.6. The van der Waals surface area contributed by atoms with Crippen molar-refractivity contribution in [2.75, 3.05) is 0 Å². The summed E-state index contributed by atoms with van der Waals surface area (Å²) in [7, 11) is 0. The number of amides is 1. The van der Waals surface area contributed by atoms with Crippen LogP contribution in [0, 0.1) is 17.8 Å². The predicted octanol–water partition coefficient (Wildman–Crippen LogP) is 3.67. The van der Waals surface area contributed by atoms with Crippen molar-refractivity contribution in [3.05, 3.63) is 22.6 Å². The Morgan fingerprint density at radius 3 is 2.29 bits per heavy atom. The molecule has 4 saturated carbocycles. The molecule has 24 heavy (non-hydrogen) atoms. The van der Waals surface area contributed by atoms with Crippen LogP contribution in [0.2, 0.25) is 0 Å². The standard InChI is InChI=1S/C18H22BrNO4/c1-10(23-17(22)14-2-3-15(19)24-14)16(21)20-18-7-11-4-12(8-18)6-13(5-11)9-18/h2-3,10-13H,4-9H2,1H3,(H,20,21)/t10-,11?,12?,13?,18?/m1/s1. The van der Waals surface area contributed by atoms with Crippen LogP contribution in [0.25, 0.3) is 0 Å². The molecule has 0 spiro atoms. The number of halogens is 1. The lowest BCUT2D eigenvalue weighted by Crippen LogP contribution is -2.61. The Hall–Kier alpha value is -1.30. The minimum Gasteiger partial charge on any atom is -0.447 e. The van der Waals surface area contributed by atoms with E-state index in [9.17, 15) is 9.59 Å². The van der Waals surface area contributed by atoms with Crippen molar-refractivity contribution in [3.8, 4) is 0 Å². The number of carbonyl (C=O) groups excluding carboxylic acids is 2.